The number of nitrogens with zero attached hydrogens (tertiary/aromatic N) is 6. The van der Waals surface area contributed by atoms with Gasteiger partial charge in [0.25, 0.3) is 17.5 Å². The van der Waals surface area contributed by atoms with Crippen LogP contribution < -0.4 is 10.1 Å². The molecule has 0 spiro atoms. The fraction of sp³-hybridized carbons (Fsp3) is 0.222. The van der Waals surface area contributed by atoms with Crippen LogP contribution in [-0.4, -0.2) is 55.1 Å². The van der Waals surface area contributed by atoms with Crippen molar-refractivity contribution in [3.63, 3.8) is 0 Å². The van der Waals surface area contributed by atoms with Gasteiger partial charge < -0.3 is 14.6 Å². The standard InChI is InChI=1S/C27H25N7O5S2/c1-32-24(15-28-26(36)18-5-9-19(10-6-18)34(37)38)29-30-27(32)41-16-25(35)33-22(17-7-11-20(39-2)12-8-17)14-21(31-33)23-4-3-13-40-23/h3-13,22H,14-16H2,1-2H3,(H,28,36)/t22-/m0/s1. The number of methoxy groups -OCH3 is 1. The van der Waals surface area contributed by atoms with Crippen LogP contribution in [0.25, 0.3) is 0 Å². The maximum Gasteiger partial charge on any atom is 0.269 e. The third kappa shape index (κ3) is 6.28. The molecule has 12 nitrogen and oxygen atoms in total. The first kappa shape index (κ1) is 28.0. The Morgan fingerprint density at radius 3 is 2.56 bits per heavy atom. The van der Waals surface area contributed by atoms with Gasteiger partial charge >= 0.3 is 0 Å². The van der Waals surface area contributed by atoms with Crippen molar-refractivity contribution in [3.8, 4) is 5.75 Å². The summed E-state index contributed by atoms with van der Waals surface area (Å²) in [6.45, 7) is 0.0912. The van der Waals surface area contributed by atoms with Crippen LogP contribution >= 0.6 is 23.1 Å². The zero-order chi connectivity index (χ0) is 28.9. The molecule has 2 aromatic heterocycles. The predicted octanol–water partition coefficient (Wildman–Crippen LogP) is 4.19. The van der Waals surface area contributed by atoms with Crippen LogP contribution in [0.3, 0.4) is 0 Å². The fourth-order valence-electron chi connectivity index (χ4n) is 4.23. The van der Waals surface area contributed by atoms with E-state index in [1.807, 2.05) is 41.8 Å². The molecule has 0 radical (unpaired) electrons. The molecule has 0 saturated heterocycles. The molecule has 14 heteroatoms. The van der Waals surface area contributed by atoms with Crippen molar-refractivity contribution in [1.29, 1.82) is 0 Å². The summed E-state index contributed by atoms with van der Waals surface area (Å²) in [6.07, 6.45) is 0.603. The Bertz CT molecular complexity index is 1590. The van der Waals surface area contributed by atoms with E-state index in [0.29, 0.717) is 17.4 Å². The molecule has 2 aromatic carbocycles. The van der Waals surface area contributed by atoms with Crippen LogP contribution in [0.1, 0.15) is 39.1 Å². The van der Waals surface area contributed by atoms with Gasteiger partial charge in [-0.3, -0.25) is 19.7 Å². The number of thioether (sulfide) groups is 1. The molecule has 4 aromatic rings. The highest BCUT2D eigenvalue weighted by molar-refractivity contribution is 7.99. The normalized spacial score (nSPS) is 14.5. The highest BCUT2D eigenvalue weighted by atomic mass is 32.2. The number of rotatable bonds is 10. The minimum atomic E-state index is -0.525. The average molecular weight is 592 g/mol. The van der Waals surface area contributed by atoms with E-state index in [0.717, 1.165) is 21.9 Å². The quantitative estimate of drug-likeness (QED) is 0.164. The Hall–Kier alpha value is -4.56. The summed E-state index contributed by atoms with van der Waals surface area (Å²) in [5.41, 5.74) is 2.02. The second-order valence-corrected chi connectivity index (χ2v) is 10.9. The molecular formula is C27H25N7O5S2. The van der Waals surface area contributed by atoms with Crippen molar-refractivity contribution >= 4 is 46.3 Å². The van der Waals surface area contributed by atoms with Gasteiger partial charge in [0.2, 0.25) is 0 Å². The zero-order valence-corrected chi connectivity index (χ0v) is 23.7. The maximum atomic E-state index is 13.4. The van der Waals surface area contributed by atoms with E-state index in [-0.39, 0.29) is 35.5 Å². The van der Waals surface area contributed by atoms with Gasteiger partial charge in [0.15, 0.2) is 11.0 Å². The number of thiophene rings is 1. The lowest BCUT2D eigenvalue weighted by atomic mass is 10.0. The SMILES string of the molecule is COc1ccc([C@@H]2CC(c3cccs3)=NN2C(=O)CSc2nnc(CNC(=O)c3ccc([N+](=O)[O-])cc3)n2C)cc1. The Labute approximate surface area is 243 Å². The van der Waals surface area contributed by atoms with E-state index in [2.05, 4.69) is 15.5 Å². The van der Waals surface area contributed by atoms with E-state index in [9.17, 15) is 19.7 Å². The highest BCUT2D eigenvalue weighted by Crippen LogP contribution is 2.35. The third-order valence-electron chi connectivity index (χ3n) is 6.47. The average Bonchev–Trinajstić information content (AvgIpc) is 3.75. The number of non-ortho nitro benzene ring substituents is 1. The Kier molecular flexibility index (Phi) is 8.40. The second kappa shape index (κ2) is 12.3. The third-order valence-corrected chi connectivity index (χ3v) is 8.39. The highest BCUT2D eigenvalue weighted by Gasteiger charge is 2.33. The largest absolute Gasteiger partial charge is 0.497 e. The number of ether oxygens (including phenoxy) is 1. The molecule has 1 aliphatic heterocycles. The number of carbonyl (C=O) groups excluding carboxylic acids is 2. The number of carbonyl (C=O) groups is 2. The van der Waals surface area contributed by atoms with E-state index in [4.69, 9.17) is 9.84 Å². The number of nitro groups is 1. The first-order valence-electron chi connectivity index (χ1n) is 12.4. The molecule has 0 fully saturated rings. The summed E-state index contributed by atoms with van der Waals surface area (Å²) in [7, 11) is 3.36. The van der Waals surface area contributed by atoms with Crippen molar-refractivity contribution in [1.82, 2.24) is 25.1 Å². The number of aromatic nitrogens is 3. The smallest absolute Gasteiger partial charge is 0.269 e. The molecule has 1 N–H and O–H groups in total. The number of amides is 2. The van der Waals surface area contributed by atoms with Gasteiger partial charge in [-0.05, 0) is 41.3 Å². The van der Waals surface area contributed by atoms with Crippen molar-refractivity contribution in [3.05, 3.63) is 98.0 Å². The molecule has 1 atom stereocenters. The number of nitrogens with one attached hydrogen (secondary N) is 1. The minimum absolute atomic E-state index is 0.0912. The summed E-state index contributed by atoms with van der Waals surface area (Å²) in [5, 5.41) is 30.6. The molecule has 210 valence electrons. The second-order valence-electron chi connectivity index (χ2n) is 8.99. The molecular weight excluding hydrogens is 566 g/mol. The predicted molar refractivity (Wildman–Crippen MR) is 154 cm³/mol. The summed E-state index contributed by atoms with van der Waals surface area (Å²) < 4.78 is 6.99. The fourth-order valence-corrected chi connectivity index (χ4v) is 5.73. The lowest BCUT2D eigenvalue weighted by Gasteiger charge is -2.22. The maximum absolute atomic E-state index is 13.4. The molecule has 0 bridgehead atoms. The summed E-state index contributed by atoms with van der Waals surface area (Å²) in [4.78, 5) is 37.2. The Morgan fingerprint density at radius 2 is 1.90 bits per heavy atom. The Morgan fingerprint density at radius 1 is 1.15 bits per heavy atom. The molecule has 0 saturated carbocycles. The van der Waals surface area contributed by atoms with Gasteiger partial charge in [-0.1, -0.05) is 30.0 Å². The van der Waals surface area contributed by atoms with Crippen LogP contribution in [0.4, 0.5) is 5.69 Å². The lowest BCUT2D eigenvalue weighted by molar-refractivity contribution is -0.384. The minimum Gasteiger partial charge on any atom is -0.497 e. The monoisotopic (exact) mass is 591 g/mol. The van der Waals surface area contributed by atoms with Crippen LogP contribution in [0.15, 0.2) is 76.3 Å². The van der Waals surface area contributed by atoms with Crippen LogP contribution in [0, 0.1) is 10.1 Å². The molecule has 1 aliphatic rings. The first-order valence-corrected chi connectivity index (χ1v) is 14.3. The molecule has 41 heavy (non-hydrogen) atoms. The van der Waals surface area contributed by atoms with E-state index in [1.54, 1.807) is 35.1 Å². The molecule has 0 aliphatic carbocycles. The molecule has 2 amide bonds. The van der Waals surface area contributed by atoms with Gasteiger partial charge in [-0.2, -0.15) is 5.10 Å². The number of nitro benzene ring substituents is 1. The topological polar surface area (TPSA) is 145 Å². The van der Waals surface area contributed by atoms with Crippen LogP contribution in [0.2, 0.25) is 0 Å². The Balaban J connectivity index is 1.23. The zero-order valence-electron chi connectivity index (χ0n) is 22.1. The summed E-state index contributed by atoms with van der Waals surface area (Å²) in [6, 6.07) is 16.7. The molecule has 0 unspecified atom stereocenters. The van der Waals surface area contributed by atoms with Crippen LogP contribution in [0.5, 0.6) is 5.75 Å². The number of benzene rings is 2. The lowest BCUT2D eigenvalue weighted by Crippen LogP contribution is -2.28. The van der Waals surface area contributed by atoms with Crippen LogP contribution in [-0.2, 0) is 18.4 Å². The number of hydrogen-bond acceptors (Lipinski definition) is 10. The van der Waals surface area contributed by atoms with Crippen molar-refractivity contribution < 1.29 is 19.2 Å². The van der Waals surface area contributed by atoms with E-state index < -0.39 is 10.8 Å². The summed E-state index contributed by atoms with van der Waals surface area (Å²) >= 11 is 2.82. The number of hydrazone groups is 1. The van der Waals surface area contributed by atoms with Gasteiger partial charge in [-0.25, -0.2) is 5.01 Å². The van der Waals surface area contributed by atoms with E-state index >= 15 is 0 Å². The first-order chi connectivity index (χ1) is 19.8. The number of hydrogen-bond donors (Lipinski definition) is 1. The van der Waals surface area contributed by atoms with Gasteiger partial charge in [0.05, 0.1) is 41.0 Å². The van der Waals surface area contributed by atoms with Gasteiger partial charge in [0, 0.05) is 31.2 Å². The van der Waals surface area contributed by atoms with Crippen molar-refractivity contribution in [2.24, 2.45) is 12.1 Å². The van der Waals surface area contributed by atoms with Gasteiger partial charge in [0.1, 0.15) is 5.75 Å². The molecule has 3 heterocycles. The van der Waals surface area contributed by atoms with Gasteiger partial charge in [-0.15, -0.1) is 21.5 Å². The van der Waals surface area contributed by atoms with E-state index in [1.165, 1.54) is 36.0 Å². The molecule has 5 rings (SSSR count). The van der Waals surface area contributed by atoms with Crippen molar-refractivity contribution in [2.45, 2.75) is 24.2 Å². The van der Waals surface area contributed by atoms with Crippen molar-refractivity contribution in [2.75, 3.05) is 12.9 Å². The summed E-state index contributed by atoms with van der Waals surface area (Å²) in [5.74, 6) is 0.755.